The van der Waals surface area contributed by atoms with Gasteiger partial charge in [-0.05, 0) is 42.0 Å². The number of hydrogen-bond donors (Lipinski definition) is 0. The van der Waals surface area contributed by atoms with Gasteiger partial charge in [0, 0.05) is 32.0 Å². The zero-order valence-corrected chi connectivity index (χ0v) is 18.4. The van der Waals surface area contributed by atoms with Gasteiger partial charge in [0.2, 0.25) is 10.0 Å². The lowest BCUT2D eigenvalue weighted by atomic mass is 10.1. The summed E-state index contributed by atoms with van der Waals surface area (Å²) in [5.41, 5.74) is 0.289. The van der Waals surface area contributed by atoms with Crippen molar-refractivity contribution in [2.24, 2.45) is 4.99 Å². The van der Waals surface area contributed by atoms with Gasteiger partial charge in [0.25, 0.3) is 5.91 Å². The van der Waals surface area contributed by atoms with Crippen molar-refractivity contribution in [2.45, 2.75) is 16.8 Å². The number of hydrogen-bond acceptors (Lipinski definition) is 5. The third-order valence-electron chi connectivity index (χ3n) is 4.58. The highest BCUT2D eigenvalue weighted by molar-refractivity contribution is 8.13. The van der Waals surface area contributed by atoms with Crippen molar-refractivity contribution in [1.29, 1.82) is 0 Å². The van der Waals surface area contributed by atoms with Gasteiger partial charge in [-0.25, -0.2) is 12.7 Å². The van der Waals surface area contributed by atoms with Crippen LogP contribution in [0.3, 0.4) is 0 Å². The number of carbonyl (C=O) groups is 1. The molecule has 3 rings (SSSR count). The minimum atomic E-state index is -4.38. The molecule has 1 aliphatic heterocycles. The summed E-state index contributed by atoms with van der Waals surface area (Å²) in [6, 6.07) is 10.5. The highest BCUT2D eigenvalue weighted by Gasteiger charge is 2.30. The molecule has 0 spiro atoms. The summed E-state index contributed by atoms with van der Waals surface area (Å²) in [6.07, 6.45) is -4.38. The van der Waals surface area contributed by atoms with E-state index in [1.165, 1.54) is 67.2 Å². The normalized spacial score (nSPS) is 14.8. The molecule has 0 radical (unpaired) electrons. The lowest BCUT2D eigenvalue weighted by molar-refractivity contribution is -0.137. The number of rotatable bonds is 5. The maximum atomic E-state index is 12.9. The summed E-state index contributed by atoms with van der Waals surface area (Å²) in [6.45, 7) is 0.806. The van der Waals surface area contributed by atoms with Crippen molar-refractivity contribution in [3.8, 4) is 0 Å². The predicted molar refractivity (Wildman–Crippen MR) is 113 cm³/mol. The van der Waals surface area contributed by atoms with Crippen molar-refractivity contribution in [3.05, 3.63) is 65.2 Å². The number of sulfonamides is 1. The monoisotopic (exact) mass is 471 g/mol. The molecule has 0 saturated heterocycles. The van der Waals surface area contributed by atoms with Crippen LogP contribution in [0.25, 0.3) is 0 Å². The van der Waals surface area contributed by atoms with Gasteiger partial charge < -0.3 is 0 Å². The van der Waals surface area contributed by atoms with E-state index in [4.69, 9.17) is 0 Å². The van der Waals surface area contributed by atoms with Gasteiger partial charge in [-0.15, -0.1) is 0 Å². The largest absolute Gasteiger partial charge is 0.416 e. The SMILES string of the molecule is CN(C)S(=O)(=O)c1ccc(C(=O)N2CCN=C2SCc2ccc(C(F)(F)F)cc2)cc1. The number of aliphatic imine (C=N–C) groups is 1. The number of alkyl halides is 3. The van der Waals surface area contributed by atoms with Crippen LogP contribution in [0.2, 0.25) is 0 Å². The molecule has 0 aromatic heterocycles. The first-order valence-electron chi connectivity index (χ1n) is 9.18. The van der Waals surface area contributed by atoms with Gasteiger partial charge in [0.15, 0.2) is 5.17 Å². The van der Waals surface area contributed by atoms with E-state index in [2.05, 4.69) is 4.99 Å². The van der Waals surface area contributed by atoms with E-state index in [-0.39, 0.29) is 10.8 Å². The van der Waals surface area contributed by atoms with Gasteiger partial charge in [0.1, 0.15) is 0 Å². The van der Waals surface area contributed by atoms with Gasteiger partial charge in [-0.1, -0.05) is 23.9 Å². The van der Waals surface area contributed by atoms with E-state index in [1.54, 1.807) is 0 Å². The molecule has 0 saturated carbocycles. The number of thioether (sulfide) groups is 1. The van der Waals surface area contributed by atoms with Crippen LogP contribution in [0.4, 0.5) is 13.2 Å². The first-order valence-corrected chi connectivity index (χ1v) is 11.6. The van der Waals surface area contributed by atoms with Crippen molar-refractivity contribution in [1.82, 2.24) is 9.21 Å². The topological polar surface area (TPSA) is 70.1 Å². The second-order valence-corrected chi connectivity index (χ2v) is 10.0. The summed E-state index contributed by atoms with van der Waals surface area (Å²) >= 11 is 1.26. The fourth-order valence-corrected chi connectivity index (χ4v) is 4.72. The standard InChI is InChI=1S/C20H20F3N3O3S2/c1-25(2)31(28,29)17-9-5-15(6-10-17)18(27)26-12-11-24-19(26)30-13-14-3-7-16(8-4-14)20(21,22)23/h3-10H,11-13H2,1-2H3. The van der Waals surface area contributed by atoms with Gasteiger partial charge in [-0.3, -0.25) is 14.7 Å². The van der Waals surface area contributed by atoms with Gasteiger partial charge >= 0.3 is 6.18 Å². The summed E-state index contributed by atoms with van der Waals surface area (Å²) < 4.78 is 63.4. The molecule has 1 aliphatic rings. The number of amidine groups is 1. The Hall–Kier alpha value is -2.37. The summed E-state index contributed by atoms with van der Waals surface area (Å²) in [5.74, 6) is 0.0470. The van der Waals surface area contributed by atoms with E-state index in [1.807, 2.05) is 0 Å². The lowest BCUT2D eigenvalue weighted by Gasteiger charge is -2.18. The van der Waals surface area contributed by atoms with Gasteiger partial charge in [-0.2, -0.15) is 13.2 Å². The molecule has 0 N–H and O–H groups in total. The molecule has 1 amide bonds. The third-order valence-corrected chi connectivity index (χ3v) is 7.49. The second kappa shape index (κ2) is 9.01. The maximum absolute atomic E-state index is 12.9. The molecule has 0 atom stereocenters. The van der Waals surface area contributed by atoms with E-state index >= 15 is 0 Å². The summed E-state index contributed by atoms with van der Waals surface area (Å²) in [5, 5.41) is 0.481. The molecular formula is C20H20F3N3O3S2. The lowest BCUT2D eigenvalue weighted by Crippen LogP contribution is -2.32. The molecule has 0 fully saturated rings. The number of halogens is 3. The molecule has 166 valence electrons. The molecule has 0 bridgehead atoms. The zero-order valence-electron chi connectivity index (χ0n) is 16.8. The summed E-state index contributed by atoms with van der Waals surface area (Å²) in [7, 11) is -0.739. The van der Waals surface area contributed by atoms with Crippen LogP contribution in [0.15, 0.2) is 58.4 Å². The molecule has 11 heteroatoms. The van der Waals surface area contributed by atoms with Crippen LogP contribution in [0.1, 0.15) is 21.5 Å². The highest BCUT2D eigenvalue weighted by Crippen LogP contribution is 2.30. The van der Waals surface area contributed by atoms with Gasteiger partial charge in [0.05, 0.1) is 17.0 Å². The maximum Gasteiger partial charge on any atom is 0.416 e. The molecule has 0 aliphatic carbocycles. The Bertz CT molecular complexity index is 1080. The van der Waals surface area contributed by atoms with Crippen molar-refractivity contribution < 1.29 is 26.4 Å². The smallest absolute Gasteiger partial charge is 0.286 e. The van der Waals surface area contributed by atoms with E-state index in [0.29, 0.717) is 35.1 Å². The molecule has 2 aromatic rings. The Balaban J connectivity index is 1.67. The molecule has 2 aromatic carbocycles. The highest BCUT2D eigenvalue weighted by atomic mass is 32.2. The molecule has 6 nitrogen and oxygen atoms in total. The predicted octanol–water partition coefficient (Wildman–Crippen LogP) is 3.70. The fraction of sp³-hybridized carbons (Fsp3) is 0.300. The number of benzene rings is 2. The summed E-state index contributed by atoms with van der Waals surface area (Å²) in [4.78, 5) is 18.8. The minimum Gasteiger partial charge on any atom is -0.286 e. The average molecular weight is 472 g/mol. The van der Waals surface area contributed by atoms with Crippen molar-refractivity contribution in [2.75, 3.05) is 27.2 Å². The van der Waals surface area contributed by atoms with Crippen LogP contribution in [0, 0.1) is 0 Å². The fourth-order valence-electron chi connectivity index (χ4n) is 2.81. The average Bonchev–Trinajstić information content (AvgIpc) is 3.20. The Labute approximate surface area is 182 Å². The quantitative estimate of drug-likeness (QED) is 0.667. The van der Waals surface area contributed by atoms with Crippen LogP contribution < -0.4 is 0 Å². The van der Waals surface area contributed by atoms with Crippen molar-refractivity contribution >= 4 is 32.9 Å². The number of nitrogens with zero attached hydrogens (tertiary/aromatic N) is 3. The molecule has 31 heavy (non-hydrogen) atoms. The number of amides is 1. The molecule has 0 unspecified atom stereocenters. The van der Waals surface area contributed by atoms with Crippen LogP contribution >= 0.6 is 11.8 Å². The first kappa shape index (κ1) is 23.3. The Morgan fingerprint density at radius 3 is 2.26 bits per heavy atom. The Morgan fingerprint density at radius 2 is 1.71 bits per heavy atom. The Morgan fingerprint density at radius 1 is 1.10 bits per heavy atom. The van der Waals surface area contributed by atoms with E-state index < -0.39 is 21.8 Å². The number of carbonyl (C=O) groups excluding carboxylic acids is 1. The minimum absolute atomic E-state index is 0.0843. The van der Waals surface area contributed by atoms with Crippen LogP contribution in [-0.4, -0.2) is 55.9 Å². The third kappa shape index (κ3) is 5.28. The second-order valence-electron chi connectivity index (χ2n) is 6.92. The van der Waals surface area contributed by atoms with Crippen LogP contribution in [-0.2, 0) is 22.0 Å². The Kier molecular flexibility index (Phi) is 6.77. The van der Waals surface area contributed by atoms with Crippen LogP contribution in [0.5, 0.6) is 0 Å². The molecular weight excluding hydrogens is 451 g/mol. The van der Waals surface area contributed by atoms with E-state index in [0.717, 1.165) is 16.4 Å². The molecule has 1 heterocycles. The van der Waals surface area contributed by atoms with E-state index in [9.17, 15) is 26.4 Å². The van der Waals surface area contributed by atoms with Crippen molar-refractivity contribution in [3.63, 3.8) is 0 Å². The zero-order chi connectivity index (χ0) is 22.8. The first-order chi connectivity index (χ1) is 14.5.